The molecule has 0 aliphatic rings. The summed E-state index contributed by atoms with van der Waals surface area (Å²) in [6, 6.07) is 3.18. The van der Waals surface area contributed by atoms with E-state index in [1.54, 1.807) is 26.0 Å². The Morgan fingerprint density at radius 2 is 2.10 bits per heavy atom. The number of carbonyl (C=O) groups is 2. The Labute approximate surface area is 116 Å². The molecular weight excluding hydrogens is 264 g/mol. The summed E-state index contributed by atoms with van der Waals surface area (Å²) in [4.78, 5) is 26.3. The van der Waals surface area contributed by atoms with Gasteiger partial charge in [-0.3, -0.25) is 4.79 Å². The molecule has 1 aromatic heterocycles. The van der Waals surface area contributed by atoms with E-state index in [4.69, 9.17) is 14.6 Å². The third-order valence-corrected chi connectivity index (χ3v) is 2.41. The maximum absolute atomic E-state index is 11.8. The van der Waals surface area contributed by atoms with Crippen LogP contribution >= 0.6 is 0 Å². The van der Waals surface area contributed by atoms with Crippen molar-refractivity contribution in [2.75, 3.05) is 20.3 Å². The van der Waals surface area contributed by atoms with Crippen molar-refractivity contribution in [3.63, 3.8) is 0 Å². The second-order valence-electron chi connectivity index (χ2n) is 4.82. The van der Waals surface area contributed by atoms with Gasteiger partial charge < -0.3 is 19.9 Å². The Bertz CT molecular complexity index is 470. The minimum absolute atomic E-state index is 0.0919. The van der Waals surface area contributed by atoms with E-state index in [-0.39, 0.29) is 19.0 Å². The number of amides is 1. The van der Waals surface area contributed by atoms with E-state index in [1.807, 2.05) is 0 Å². The molecule has 1 rings (SSSR count). The summed E-state index contributed by atoms with van der Waals surface area (Å²) in [6.45, 7) is 3.29. The molecule has 0 aliphatic heterocycles. The molecule has 7 nitrogen and oxygen atoms in total. The second-order valence-corrected chi connectivity index (χ2v) is 4.82. The van der Waals surface area contributed by atoms with Gasteiger partial charge >= 0.3 is 6.09 Å². The lowest BCUT2D eigenvalue weighted by atomic mass is 10.1. The summed E-state index contributed by atoms with van der Waals surface area (Å²) in [5.41, 5.74) is -0.348. The van der Waals surface area contributed by atoms with Gasteiger partial charge in [-0.25, -0.2) is 9.78 Å². The van der Waals surface area contributed by atoms with Crippen LogP contribution in [0.2, 0.25) is 0 Å². The number of pyridine rings is 1. The Morgan fingerprint density at radius 1 is 1.40 bits per heavy atom. The predicted octanol–water partition coefficient (Wildman–Crippen LogP) is 1.34. The average molecular weight is 282 g/mol. The van der Waals surface area contributed by atoms with Crippen LogP contribution < -0.4 is 10.1 Å². The molecule has 0 saturated heterocycles. The number of carbonyl (C=O) groups excluding carboxylic acids is 1. The number of carboxylic acid groups (broad SMARTS) is 1. The van der Waals surface area contributed by atoms with Gasteiger partial charge in [-0.2, -0.15) is 0 Å². The van der Waals surface area contributed by atoms with Crippen LogP contribution in [0.5, 0.6) is 5.88 Å². The summed E-state index contributed by atoms with van der Waals surface area (Å²) in [6.07, 6.45) is 0.273. The fraction of sp³-hybridized carbons (Fsp3) is 0.462. The molecule has 0 unspecified atom stereocenters. The summed E-state index contributed by atoms with van der Waals surface area (Å²) in [5, 5.41) is 10.9. The lowest BCUT2D eigenvalue weighted by Gasteiger charge is -2.23. The number of aromatic nitrogens is 1. The van der Waals surface area contributed by atoms with Gasteiger partial charge in [0, 0.05) is 17.8 Å². The van der Waals surface area contributed by atoms with Crippen molar-refractivity contribution < 1.29 is 24.2 Å². The van der Waals surface area contributed by atoms with Crippen molar-refractivity contribution >= 4 is 11.9 Å². The van der Waals surface area contributed by atoms with Crippen LogP contribution in [0.1, 0.15) is 24.2 Å². The maximum atomic E-state index is 11.8. The number of hydrogen-bond donors (Lipinski definition) is 2. The van der Waals surface area contributed by atoms with Crippen molar-refractivity contribution in [3.05, 3.63) is 23.9 Å². The Morgan fingerprint density at radius 3 is 2.60 bits per heavy atom. The van der Waals surface area contributed by atoms with Gasteiger partial charge in [-0.05, 0) is 19.9 Å². The quantitative estimate of drug-likeness (QED) is 0.732. The van der Waals surface area contributed by atoms with E-state index in [0.717, 1.165) is 0 Å². The summed E-state index contributed by atoms with van der Waals surface area (Å²) >= 11 is 0. The maximum Gasteiger partial charge on any atom is 0.405 e. The van der Waals surface area contributed by atoms with Gasteiger partial charge in [0.15, 0.2) is 5.78 Å². The number of rotatable bonds is 7. The monoisotopic (exact) mass is 282 g/mol. The molecule has 110 valence electrons. The number of nitrogens with zero attached hydrogens (tertiary/aromatic N) is 1. The third kappa shape index (κ3) is 5.23. The molecule has 1 aromatic rings. The number of ketones is 1. The molecule has 0 aromatic carbocycles. The minimum atomic E-state index is -1.13. The van der Waals surface area contributed by atoms with Crippen LogP contribution in [-0.2, 0) is 4.74 Å². The van der Waals surface area contributed by atoms with Gasteiger partial charge in [0.05, 0.1) is 19.3 Å². The van der Waals surface area contributed by atoms with Gasteiger partial charge in [-0.1, -0.05) is 0 Å². The summed E-state index contributed by atoms with van der Waals surface area (Å²) in [7, 11) is 1.49. The molecular formula is C13H18N2O5. The van der Waals surface area contributed by atoms with E-state index >= 15 is 0 Å². The first-order chi connectivity index (χ1) is 9.34. The fourth-order valence-corrected chi connectivity index (χ4v) is 1.47. The fourth-order valence-electron chi connectivity index (χ4n) is 1.47. The van der Waals surface area contributed by atoms with Crippen molar-refractivity contribution in [3.8, 4) is 5.88 Å². The van der Waals surface area contributed by atoms with Crippen molar-refractivity contribution in [1.82, 2.24) is 10.3 Å². The lowest BCUT2D eigenvalue weighted by Crippen LogP contribution is -2.46. The Hall–Kier alpha value is -2.15. The zero-order valence-corrected chi connectivity index (χ0v) is 11.7. The SMILES string of the molecule is COc1ccc(C(=O)COCC(C)(C)NC(=O)O)cn1. The smallest absolute Gasteiger partial charge is 0.405 e. The second kappa shape index (κ2) is 6.85. The number of ether oxygens (including phenoxy) is 2. The predicted molar refractivity (Wildman–Crippen MR) is 71.2 cm³/mol. The number of Topliss-reactive ketones (excluding diaryl/α,β-unsaturated/α-hetero) is 1. The largest absolute Gasteiger partial charge is 0.481 e. The molecule has 0 spiro atoms. The Balaban J connectivity index is 2.45. The van der Waals surface area contributed by atoms with Crippen LogP contribution in [0.15, 0.2) is 18.3 Å². The normalized spacial score (nSPS) is 10.9. The topological polar surface area (TPSA) is 97.8 Å². The minimum Gasteiger partial charge on any atom is -0.481 e. The highest BCUT2D eigenvalue weighted by Crippen LogP contribution is 2.08. The van der Waals surface area contributed by atoms with E-state index in [2.05, 4.69) is 10.3 Å². The van der Waals surface area contributed by atoms with Crippen molar-refractivity contribution in [2.45, 2.75) is 19.4 Å². The number of methoxy groups -OCH3 is 1. The molecule has 0 radical (unpaired) electrons. The molecule has 1 heterocycles. The molecule has 0 bridgehead atoms. The van der Waals surface area contributed by atoms with Gasteiger partial charge in [-0.15, -0.1) is 0 Å². The average Bonchev–Trinajstić information content (AvgIpc) is 2.37. The highest BCUT2D eigenvalue weighted by atomic mass is 16.5. The van der Waals surface area contributed by atoms with E-state index in [9.17, 15) is 9.59 Å². The highest BCUT2D eigenvalue weighted by Gasteiger charge is 2.21. The molecule has 1 amide bonds. The van der Waals surface area contributed by atoms with Crippen LogP contribution in [-0.4, -0.2) is 47.8 Å². The van der Waals surface area contributed by atoms with Crippen LogP contribution in [0.3, 0.4) is 0 Å². The zero-order valence-electron chi connectivity index (χ0n) is 11.7. The van der Waals surface area contributed by atoms with Crippen LogP contribution in [0.4, 0.5) is 4.79 Å². The molecule has 20 heavy (non-hydrogen) atoms. The first kappa shape index (κ1) is 15.9. The molecule has 0 saturated carbocycles. The van der Waals surface area contributed by atoms with E-state index < -0.39 is 11.6 Å². The summed E-state index contributed by atoms with van der Waals surface area (Å²) < 4.78 is 10.1. The molecule has 7 heteroatoms. The number of nitrogens with one attached hydrogen (secondary N) is 1. The molecule has 0 fully saturated rings. The van der Waals surface area contributed by atoms with E-state index in [1.165, 1.54) is 13.3 Å². The third-order valence-electron chi connectivity index (χ3n) is 2.41. The van der Waals surface area contributed by atoms with Gasteiger partial charge in [0.2, 0.25) is 5.88 Å². The van der Waals surface area contributed by atoms with Crippen molar-refractivity contribution in [1.29, 1.82) is 0 Å². The molecule has 2 N–H and O–H groups in total. The van der Waals surface area contributed by atoms with Gasteiger partial charge in [0.25, 0.3) is 0 Å². The molecule has 0 atom stereocenters. The van der Waals surface area contributed by atoms with Gasteiger partial charge in [0.1, 0.15) is 6.61 Å². The first-order valence-corrected chi connectivity index (χ1v) is 5.96. The van der Waals surface area contributed by atoms with Crippen molar-refractivity contribution in [2.24, 2.45) is 0 Å². The van der Waals surface area contributed by atoms with Crippen LogP contribution in [0.25, 0.3) is 0 Å². The first-order valence-electron chi connectivity index (χ1n) is 5.96. The summed E-state index contributed by atoms with van der Waals surface area (Å²) in [5.74, 6) is 0.195. The van der Waals surface area contributed by atoms with E-state index in [0.29, 0.717) is 11.4 Å². The van der Waals surface area contributed by atoms with Crippen LogP contribution in [0, 0.1) is 0 Å². The standard InChI is InChI=1S/C13H18N2O5/c1-13(2,15-12(17)18)8-20-7-10(16)9-4-5-11(19-3)14-6-9/h4-6,15H,7-8H2,1-3H3,(H,17,18). The number of hydrogen-bond acceptors (Lipinski definition) is 5. The highest BCUT2D eigenvalue weighted by molar-refractivity contribution is 5.96. The molecule has 0 aliphatic carbocycles. The lowest BCUT2D eigenvalue weighted by molar-refractivity contribution is 0.0617. The Kier molecular flexibility index (Phi) is 5.45. The zero-order chi connectivity index (χ0) is 15.2.